The molecule has 34 heteroatoms. The molecule has 4 aliphatic heterocycles. The molecule has 8 aromatic rings. The number of phenols is 4. The van der Waals surface area contributed by atoms with Crippen LogP contribution in [-0.4, -0.2) is 253 Å². The fourth-order valence-electron chi connectivity index (χ4n) is 13.6. The molecule has 1 aliphatic carbocycles. The van der Waals surface area contributed by atoms with Gasteiger partial charge >= 0.3 is 11.9 Å². The van der Waals surface area contributed by atoms with Crippen LogP contribution in [-0.2, 0) is 38.0 Å². The van der Waals surface area contributed by atoms with Crippen LogP contribution in [0.2, 0.25) is 0 Å². The molecule has 2 aromatic heterocycles. The van der Waals surface area contributed by atoms with Gasteiger partial charge in [0, 0.05) is 59.4 Å². The number of ether oxygens (including phenoxy) is 10. The summed E-state index contributed by atoms with van der Waals surface area (Å²) in [5, 5.41) is 190. The Balaban J connectivity index is 0.699. The van der Waals surface area contributed by atoms with Gasteiger partial charge in [0.15, 0.2) is 10.9 Å². The molecule has 13 rings (SSSR count). The summed E-state index contributed by atoms with van der Waals surface area (Å²) in [5.74, 6) is -9.60. The Morgan fingerprint density at radius 2 is 0.651 bits per heavy atom. The third kappa shape index (κ3) is 14.7. The maximum atomic E-state index is 14.8. The van der Waals surface area contributed by atoms with Gasteiger partial charge in [0.25, 0.3) is 0 Å². The van der Waals surface area contributed by atoms with Crippen LogP contribution in [0.15, 0.2) is 152 Å². The summed E-state index contributed by atoms with van der Waals surface area (Å²) in [6, 6.07) is 28.9. The molecule has 34 nitrogen and oxygen atoms in total. The highest BCUT2D eigenvalue weighted by molar-refractivity contribution is 5.89. The van der Waals surface area contributed by atoms with Crippen LogP contribution in [0.3, 0.4) is 0 Å². The van der Waals surface area contributed by atoms with Gasteiger partial charge in [-0.1, -0.05) is 24.3 Å². The number of hydrogen-bond donors (Lipinski definition) is 18. The molecule has 5 aliphatic rings. The van der Waals surface area contributed by atoms with Gasteiger partial charge in [0.1, 0.15) is 190 Å². The van der Waals surface area contributed by atoms with Crippen LogP contribution in [0.4, 0.5) is 0 Å². The van der Waals surface area contributed by atoms with E-state index in [1.54, 1.807) is 0 Å². The molecule has 4 saturated heterocycles. The van der Waals surface area contributed by atoms with E-state index in [2.05, 4.69) is 0 Å². The third-order valence-electron chi connectivity index (χ3n) is 19.3. The minimum atomic E-state index is -2.07. The summed E-state index contributed by atoms with van der Waals surface area (Å²) in [6.45, 7) is -3.20. The van der Waals surface area contributed by atoms with Gasteiger partial charge in [-0.2, -0.15) is 0 Å². The van der Waals surface area contributed by atoms with E-state index in [1.807, 2.05) is 0 Å². The summed E-state index contributed by atoms with van der Waals surface area (Å²) >= 11 is 0. The first-order chi connectivity index (χ1) is 50.7. The first-order valence-corrected chi connectivity index (χ1v) is 33.1. The summed E-state index contributed by atoms with van der Waals surface area (Å²) < 4.78 is 69.4. The van der Waals surface area contributed by atoms with E-state index in [9.17, 15) is 111 Å². The van der Waals surface area contributed by atoms with Crippen molar-refractivity contribution in [2.75, 3.05) is 26.4 Å². The Labute approximate surface area is 596 Å². The summed E-state index contributed by atoms with van der Waals surface area (Å²) in [5.41, 5.74) is -0.684. The van der Waals surface area contributed by atoms with Crippen LogP contribution in [0.5, 0.6) is 46.0 Å². The summed E-state index contributed by atoms with van der Waals surface area (Å²) in [7, 11) is 0. The minimum Gasteiger partial charge on any atom is -0.508 e. The Morgan fingerprint density at radius 1 is 0.349 bits per heavy atom. The molecule has 0 spiro atoms. The normalized spacial score (nSPS) is 32.4. The summed E-state index contributed by atoms with van der Waals surface area (Å²) in [6.07, 6.45) is -35.1. The van der Waals surface area contributed by atoms with Crippen molar-refractivity contribution in [1.29, 1.82) is 0 Å². The molecule has 0 bridgehead atoms. The average Bonchev–Trinajstić information content (AvgIpc) is 0.719. The molecule has 106 heavy (non-hydrogen) atoms. The van der Waals surface area contributed by atoms with E-state index in [0.717, 1.165) is 36.4 Å². The van der Waals surface area contributed by atoms with Gasteiger partial charge in [-0.05, 0) is 83.9 Å². The monoisotopic (exact) mass is 1480 g/mol. The van der Waals surface area contributed by atoms with E-state index < -0.39 is 207 Å². The van der Waals surface area contributed by atoms with Crippen molar-refractivity contribution in [2.24, 2.45) is 11.8 Å². The van der Waals surface area contributed by atoms with Crippen LogP contribution >= 0.6 is 0 Å². The van der Waals surface area contributed by atoms with Crippen molar-refractivity contribution >= 4 is 33.9 Å². The molecule has 24 atom stereocenters. The quantitative estimate of drug-likeness (QED) is 0.0382. The molecule has 0 amide bonds. The number of carbonyl (C=O) groups excluding carboxylic acids is 2. The van der Waals surface area contributed by atoms with E-state index >= 15 is 0 Å². The van der Waals surface area contributed by atoms with E-state index in [0.29, 0.717) is 11.1 Å². The van der Waals surface area contributed by atoms with Crippen LogP contribution < -0.4 is 29.8 Å². The van der Waals surface area contributed by atoms with Crippen molar-refractivity contribution in [3.63, 3.8) is 0 Å². The van der Waals surface area contributed by atoms with Gasteiger partial charge in [-0.15, -0.1) is 0 Å². The fraction of sp³-hybridized carbons (Fsp3) is 0.389. The van der Waals surface area contributed by atoms with E-state index in [1.165, 1.54) is 97.1 Å². The standard InChI is InChI=1S/C72H72O34/c73-23-45-55(81)59(85)63(89)69(103-45)97-33-13-5-27(6-14-33)41-21-39(79)51-37(77)17-35(19-43(51)101-41)99-71-65(91)61(87)57(83)47(105-71)25-95-67(93)53-49(29-1-9-31(75)10-2-29)50(30-3-11-32(76)12-4-30)54(53)68(94)96-26-48-58(84)62(88)66(92)72(106-48)100-36-18-38(78)52-40(80)22-42(102-44(52)20-36)28-7-15-34(16-8-28)98-70-64(90)60(86)56(82)46(24-74)104-70/h1-22,45-50,53-66,69-78,81-92H,23-26H2/t45-,46-,47+,48+,49+,50+,53+,54+,55-,56-,57+,58+,59+,60+,61-,62-,63-,64-,65+,66+,69-,70-,71+,72+/m0/s1. The van der Waals surface area contributed by atoms with E-state index in [4.69, 9.17) is 56.2 Å². The lowest BCUT2D eigenvalue weighted by Crippen LogP contribution is -2.61. The highest BCUT2D eigenvalue weighted by Crippen LogP contribution is 2.59. The molecule has 5 fully saturated rings. The van der Waals surface area contributed by atoms with Crippen molar-refractivity contribution in [1.82, 2.24) is 0 Å². The van der Waals surface area contributed by atoms with Gasteiger partial charge in [0.2, 0.25) is 25.2 Å². The topological polar surface area (TPSA) is 551 Å². The number of benzene rings is 6. The highest BCUT2D eigenvalue weighted by atomic mass is 16.7. The molecule has 0 radical (unpaired) electrons. The minimum absolute atomic E-state index is 0.0546. The molecule has 0 unspecified atom stereocenters. The number of aliphatic hydroxyl groups excluding tert-OH is 14. The van der Waals surface area contributed by atoms with Gasteiger partial charge < -0.3 is 148 Å². The number of hydrogen-bond acceptors (Lipinski definition) is 34. The lowest BCUT2D eigenvalue weighted by Gasteiger charge is -2.50. The van der Waals surface area contributed by atoms with E-state index in [-0.39, 0.29) is 79.1 Å². The van der Waals surface area contributed by atoms with Crippen LogP contribution in [0.1, 0.15) is 23.0 Å². The van der Waals surface area contributed by atoms with Gasteiger partial charge in [0.05, 0.1) is 25.0 Å². The summed E-state index contributed by atoms with van der Waals surface area (Å²) in [4.78, 5) is 56.6. The molecular weight excluding hydrogens is 1410 g/mol. The zero-order chi connectivity index (χ0) is 75.4. The molecule has 1 saturated carbocycles. The van der Waals surface area contributed by atoms with Gasteiger partial charge in [-0.25, -0.2) is 0 Å². The van der Waals surface area contributed by atoms with Crippen molar-refractivity contribution in [3.05, 3.63) is 165 Å². The Morgan fingerprint density at radius 3 is 0.972 bits per heavy atom. The lowest BCUT2D eigenvalue weighted by molar-refractivity contribution is -0.279. The predicted molar refractivity (Wildman–Crippen MR) is 353 cm³/mol. The number of rotatable bonds is 20. The zero-order valence-electron chi connectivity index (χ0n) is 55.0. The maximum Gasteiger partial charge on any atom is 0.310 e. The third-order valence-corrected chi connectivity index (χ3v) is 19.3. The molecule has 6 heterocycles. The number of fused-ring (bicyclic) bond motifs is 2. The maximum absolute atomic E-state index is 14.8. The smallest absolute Gasteiger partial charge is 0.310 e. The van der Waals surface area contributed by atoms with Crippen molar-refractivity contribution < 1.29 is 158 Å². The van der Waals surface area contributed by atoms with Crippen molar-refractivity contribution in [3.8, 4) is 68.6 Å². The number of esters is 2. The molecule has 6 aromatic carbocycles. The second-order valence-electron chi connectivity index (χ2n) is 26.1. The zero-order valence-corrected chi connectivity index (χ0v) is 55.0. The largest absolute Gasteiger partial charge is 0.508 e. The first-order valence-electron chi connectivity index (χ1n) is 33.1. The van der Waals surface area contributed by atoms with Crippen molar-refractivity contribution in [2.45, 2.75) is 135 Å². The number of aromatic hydroxyl groups is 4. The SMILES string of the molecule is O=C(OC[C@H]1O[C@@H](Oc2cc(O)c3c(=O)cc(-c4ccc(O[C@H]5O[C@@H](CO)[C@H](O)[C@@H](O)[C@@H]5O)cc4)oc3c2)[C@H](O)[C@@H](O)[C@@H]1O)[C@H]1[C@H](C(=O)OC[C@H]2O[C@@H](Oc3cc(O)c4c(=O)cc(-c5ccc(O[C@H]6O[C@@H](CO)[C@H](O)[C@@H](O)[C@@H]6O)cc5)oc4c3)[C@H](O)[C@@H](O)[C@@H]2O)[C@H](c2ccc(O)cc2)[C@H]1c1ccc(O)cc1. The van der Waals surface area contributed by atoms with Crippen LogP contribution in [0, 0.1) is 11.8 Å². The molecular formula is C72H72O34. The molecule has 564 valence electrons. The highest BCUT2D eigenvalue weighted by Gasteiger charge is 2.61. The number of carbonyl (C=O) groups is 2. The number of phenolic OH excluding ortho intramolecular Hbond substituents is 4. The fourth-order valence-corrected chi connectivity index (χ4v) is 13.6. The predicted octanol–water partition coefficient (Wildman–Crippen LogP) is -1.61. The second kappa shape index (κ2) is 30.7. The Bertz CT molecular complexity index is 4280. The number of aliphatic hydroxyl groups is 14. The lowest BCUT2D eigenvalue weighted by atomic mass is 9.52. The Hall–Kier alpha value is -9.64. The van der Waals surface area contributed by atoms with Crippen LogP contribution in [0.25, 0.3) is 44.6 Å². The van der Waals surface area contributed by atoms with Gasteiger partial charge in [-0.3, -0.25) is 19.2 Å². The average molecular weight is 1480 g/mol. The molecule has 18 N–H and O–H groups in total. The second-order valence-corrected chi connectivity index (χ2v) is 26.1. The first kappa shape index (κ1) is 74.6. The Kier molecular flexibility index (Phi) is 21.6.